The van der Waals surface area contributed by atoms with Crippen LogP contribution >= 0.6 is 11.6 Å². The Hall–Kier alpha value is -2.68. The van der Waals surface area contributed by atoms with Crippen molar-refractivity contribution >= 4 is 35.1 Å². The van der Waals surface area contributed by atoms with Crippen LogP contribution in [0, 0.1) is 11.8 Å². The number of benzene rings is 1. The third-order valence-corrected chi connectivity index (χ3v) is 8.54. The van der Waals surface area contributed by atoms with E-state index in [1.54, 1.807) is 40.1 Å². The number of ether oxygens (including phenoxy) is 2. The Kier molecular flexibility index (Phi) is 8.65. The van der Waals surface area contributed by atoms with E-state index in [0.717, 1.165) is 0 Å². The number of carbonyl (C=O) groups is 3. The second-order valence-corrected chi connectivity index (χ2v) is 10.7. The molecular formula is C29H37ClN2O6. The van der Waals surface area contributed by atoms with Crippen LogP contribution in [0.2, 0.25) is 5.02 Å². The molecule has 0 aromatic heterocycles. The molecule has 1 aromatic carbocycles. The van der Waals surface area contributed by atoms with Crippen molar-refractivity contribution in [3.05, 3.63) is 54.6 Å². The first kappa shape index (κ1) is 28.3. The minimum Gasteiger partial charge on any atom is -0.461 e. The lowest BCUT2D eigenvalue weighted by Gasteiger charge is -2.37. The van der Waals surface area contributed by atoms with E-state index in [1.165, 1.54) is 6.08 Å². The van der Waals surface area contributed by atoms with Gasteiger partial charge in [-0.3, -0.25) is 14.4 Å². The number of amides is 2. The lowest BCUT2D eigenvalue weighted by Crippen LogP contribution is -2.56. The predicted molar refractivity (Wildman–Crippen MR) is 145 cm³/mol. The number of unbranched alkanes of at least 4 members (excludes halogenated alkanes) is 2. The molecule has 38 heavy (non-hydrogen) atoms. The van der Waals surface area contributed by atoms with Gasteiger partial charge in [0.25, 0.3) is 5.91 Å². The SMILES string of the molecule is C=CCOC(=O)[C@H]1[C@H]2C(=O)N(CCCCCO)C(C(=O)N(CC=C)c3ccc(Cl)cc3)C23CC[C@]1(CC)O3. The first-order chi connectivity index (χ1) is 18.3. The number of aliphatic hydroxyl groups is 1. The number of carbonyl (C=O) groups excluding carboxylic acids is 3. The van der Waals surface area contributed by atoms with Crippen LogP contribution in [0.3, 0.4) is 0 Å². The standard InChI is InChI=1S/C29H37ClN2O6/c1-4-16-31(21-12-10-20(30)11-13-21)26(35)24-29-15-14-28(6-3,38-29)23(27(36)37-19-5-2)22(29)25(34)32(24)17-8-7-9-18-33/h4-5,10-13,22-24,33H,1-2,6-9,14-19H2,3H3/t22-,23+,24?,28-,29?/m0/s1. The maximum absolute atomic E-state index is 14.4. The molecule has 3 aliphatic heterocycles. The molecule has 2 amide bonds. The number of hydrogen-bond acceptors (Lipinski definition) is 6. The Bertz CT molecular complexity index is 1080. The van der Waals surface area contributed by atoms with Crippen molar-refractivity contribution in [3.63, 3.8) is 0 Å². The first-order valence-electron chi connectivity index (χ1n) is 13.4. The van der Waals surface area contributed by atoms with Crippen molar-refractivity contribution in [2.24, 2.45) is 11.8 Å². The topological polar surface area (TPSA) is 96.4 Å². The third-order valence-electron chi connectivity index (χ3n) is 8.29. The Labute approximate surface area is 229 Å². The summed E-state index contributed by atoms with van der Waals surface area (Å²) < 4.78 is 12.2. The van der Waals surface area contributed by atoms with Crippen molar-refractivity contribution in [2.75, 3.05) is 31.2 Å². The highest BCUT2D eigenvalue weighted by Crippen LogP contribution is 2.64. The van der Waals surface area contributed by atoms with Crippen LogP contribution in [0.5, 0.6) is 0 Å². The van der Waals surface area contributed by atoms with Gasteiger partial charge in [-0.25, -0.2) is 0 Å². The molecular weight excluding hydrogens is 508 g/mol. The van der Waals surface area contributed by atoms with Crippen LogP contribution in [0.25, 0.3) is 0 Å². The number of nitrogens with zero attached hydrogens (tertiary/aromatic N) is 2. The average Bonchev–Trinajstić information content (AvgIpc) is 3.52. The zero-order chi connectivity index (χ0) is 27.5. The molecule has 3 fully saturated rings. The van der Waals surface area contributed by atoms with Gasteiger partial charge in [0.2, 0.25) is 5.91 Å². The molecule has 4 rings (SSSR count). The molecule has 5 atom stereocenters. The van der Waals surface area contributed by atoms with Crippen LogP contribution < -0.4 is 4.90 Å². The van der Waals surface area contributed by atoms with Gasteiger partial charge in [-0.15, -0.1) is 6.58 Å². The van der Waals surface area contributed by atoms with Crippen LogP contribution in [0.4, 0.5) is 5.69 Å². The maximum atomic E-state index is 14.4. The monoisotopic (exact) mass is 544 g/mol. The summed E-state index contributed by atoms with van der Waals surface area (Å²) in [6.07, 6.45) is 6.64. The van der Waals surface area contributed by atoms with Crippen LogP contribution in [-0.4, -0.2) is 71.3 Å². The number of hydrogen-bond donors (Lipinski definition) is 1. The molecule has 3 heterocycles. The lowest BCUT2D eigenvalue weighted by molar-refractivity contribution is -0.159. The highest BCUT2D eigenvalue weighted by Gasteiger charge is 2.79. The summed E-state index contributed by atoms with van der Waals surface area (Å²) in [5.74, 6) is -2.62. The number of anilines is 1. The van der Waals surface area contributed by atoms with E-state index >= 15 is 0 Å². The number of halogens is 1. The van der Waals surface area contributed by atoms with Gasteiger partial charge in [-0.1, -0.05) is 37.3 Å². The van der Waals surface area contributed by atoms with E-state index in [4.69, 9.17) is 21.1 Å². The summed E-state index contributed by atoms with van der Waals surface area (Å²) in [5.41, 5.74) is -1.36. The van der Waals surface area contributed by atoms with E-state index in [-0.39, 0.29) is 31.6 Å². The molecule has 1 spiro atoms. The van der Waals surface area contributed by atoms with Crippen LogP contribution in [0.1, 0.15) is 45.4 Å². The molecule has 0 saturated carbocycles. The molecule has 0 aliphatic carbocycles. The van der Waals surface area contributed by atoms with Crippen LogP contribution in [0.15, 0.2) is 49.6 Å². The summed E-state index contributed by atoms with van der Waals surface area (Å²) in [5, 5.41) is 9.77. The summed E-state index contributed by atoms with van der Waals surface area (Å²) in [7, 11) is 0. The number of aliphatic hydroxyl groups excluding tert-OH is 1. The van der Waals surface area contributed by atoms with E-state index in [0.29, 0.717) is 55.8 Å². The van der Waals surface area contributed by atoms with E-state index in [1.807, 2.05) is 6.92 Å². The van der Waals surface area contributed by atoms with E-state index in [9.17, 15) is 19.5 Å². The van der Waals surface area contributed by atoms with Gasteiger partial charge >= 0.3 is 5.97 Å². The van der Waals surface area contributed by atoms with Gasteiger partial charge in [-0.05, 0) is 62.8 Å². The number of fused-ring (bicyclic) bond motifs is 1. The Balaban J connectivity index is 1.77. The van der Waals surface area contributed by atoms with Gasteiger partial charge in [0.15, 0.2) is 0 Å². The fourth-order valence-electron chi connectivity index (χ4n) is 6.62. The molecule has 0 radical (unpaired) electrons. The number of rotatable bonds is 13. The van der Waals surface area contributed by atoms with Crippen LogP contribution in [-0.2, 0) is 23.9 Å². The summed E-state index contributed by atoms with van der Waals surface area (Å²) >= 11 is 6.10. The summed E-state index contributed by atoms with van der Waals surface area (Å²) in [4.78, 5) is 45.1. The van der Waals surface area contributed by atoms with Gasteiger partial charge < -0.3 is 24.4 Å². The second-order valence-electron chi connectivity index (χ2n) is 10.3. The summed E-state index contributed by atoms with van der Waals surface area (Å²) in [6.45, 7) is 10.1. The largest absolute Gasteiger partial charge is 0.461 e. The van der Waals surface area contributed by atoms with Crippen molar-refractivity contribution < 1.29 is 29.0 Å². The van der Waals surface area contributed by atoms with Gasteiger partial charge in [0.05, 0.1) is 11.5 Å². The predicted octanol–water partition coefficient (Wildman–Crippen LogP) is 3.91. The fourth-order valence-corrected chi connectivity index (χ4v) is 6.74. The molecule has 1 N–H and O–H groups in total. The highest BCUT2D eigenvalue weighted by atomic mass is 35.5. The molecule has 206 valence electrons. The Morgan fingerprint density at radius 3 is 2.58 bits per heavy atom. The molecule has 9 heteroatoms. The quantitative estimate of drug-likeness (QED) is 0.230. The molecule has 8 nitrogen and oxygen atoms in total. The second kappa shape index (κ2) is 11.6. The van der Waals surface area contributed by atoms with Crippen molar-refractivity contribution in [3.8, 4) is 0 Å². The van der Waals surface area contributed by atoms with Crippen molar-refractivity contribution in [2.45, 2.75) is 62.7 Å². The van der Waals surface area contributed by atoms with Crippen molar-refractivity contribution in [1.82, 2.24) is 4.90 Å². The van der Waals surface area contributed by atoms with Gasteiger partial charge in [-0.2, -0.15) is 0 Å². The first-order valence-corrected chi connectivity index (χ1v) is 13.7. The highest BCUT2D eigenvalue weighted by molar-refractivity contribution is 6.30. The zero-order valence-electron chi connectivity index (χ0n) is 21.9. The van der Waals surface area contributed by atoms with Crippen molar-refractivity contribution in [1.29, 1.82) is 0 Å². The number of esters is 1. The molecule has 2 unspecified atom stereocenters. The van der Waals surface area contributed by atoms with Gasteiger partial charge in [0.1, 0.15) is 24.2 Å². The van der Waals surface area contributed by atoms with E-state index in [2.05, 4.69) is 13.2 Å². The Morgan fingerprint density at radius 1 is 1.21 bits per heavy atom. The molecule has 2 bridgehead atoms. The summed E-state index contributed by atoms with van der Waals surface area (Å²) in [6, 6.07) is 6.04. The molecule has 3 aliphatic rings. The molecule has 1 aromatic rings. The fraction of sp³-hybridized carbons (Fsp3) is 0.552. The lowest BCUT2D eigenvalue weighted by atomic mass is 9.65. The Morgan fingerprint density at radius 2 is 1.95 bits per heavy atom. The molecule has 3 saturated heterocycles. The number of likely N-dealkylation sites (tertiary alicyclic amines) is 1. The minimum absolute atomic E-state index is 0.0416. The van der Waals surface area contributed by atoms with Gasteiger partial charge in [0, 0.05) is 30.4 Å². The zero-order valence-corrected chi connectivity index (χ0v) is 22.7. The normalized spacial score (nSPS) is 29.3. The minimum atomic E-state index is -1.13. The van der Waals surface area contributed by atoms with E-state index < -0.39 is 35.0 Å². The maximum Gasteiger partial charge on any atom is 0.313 e. The third kappa shape index (κ3) is 4.67. The average molecular weight is 545 g/mol. The smallest absolute Gasteiger partial charge is 0.313 e.